The number of aliphatic hydroxyl groups is 1. The lowest BCUT2D eigenvalue weighted by molar-refractivity contribution is -0.147. The lowest BCUT2D eigenvalue weighted by Crippen LogP contribution is -2.54. The number of alkyl carbamates (subject to hydrolysis) is 1. The molecule has 0 saturated heterocycles. The highest BCUT2D eigenvalue weighted by Gasteiger charge is 2.44. The summed E-state index contributed by atoms with van der Waals surface area (Å²) in [6.07, 6.45) is -0.277. The second-order valence-electron chi connectivity index (χ2n) is 8.38. The van der Waals surface area contributed by atoms with Crippen LogP contribution in [-0.2, 0) is 14.3 Å². The van der Waals surface area contributed by atoms with E-state index in [9.17, 15) is 19.5 Å². The average Bonchev–Trinajstić information content (AvgIpc) is 3.09. The van der Waals surface area contributed by atoms with Crippen LogP contribution in [-0.4, -0.2) is 54.0 Å². The van der Waals surface area contributed by atoms with Crippen LogP contribution in [0.3, 0.4) is 0 Å². The number of benzene rings is 2. The monoisotopic (exact) mass is 438 g/mol. The molecule has 32 heavy (non-hydrogen) atoms. The number of carboxylic acid groups (broad SMARTS) is 1. The van der Waals surface area contributed by atoms with Gasteiger partial charge in [0.25, 0.3) is 0 Å². The molecule has 4 N–H and O–H groups in total. The van der Waals surface area contributed by atoms with E-state index < -0.39 is 23.6 Å². The summed E-state index contributed by atoms with van der Waals surface area (Å²) in [7, 11) is 0. The highest BCUT2D eigenvalue weighted by molar-refractivity contribution is 5.85. The third-order valence-corrected chi connectivity index (χ3v) is 6.45. The molecule has 2 aliphatic carbocycles. The molecule has 4 rings (SSSR count). The van der Waals surface area contributed by atoms with Gasteiger partial charge in [-0.3, -0.25) is 4.79 Å². The van der Waals surface area contributed by atoms with E-state index >= 15 is 0 Å². The number of fused-ring (bicyclic) bond motifs is 3. The van der Waals surface area contributed by atoms with Crippen LogP contribution in [0.5, 0.6) is 0 Å². The van der Waals surface area contributed by atoms with Crippen LogP contribution >= 0.6 is 0 Å². The van der Waals surface area contributed by atoms with Crippen molar-refractivity contribution >= 4 is 18.0 Å². The summed E-state index contributed by atoms with van der Waals surface area (Å²) in [6.45, 7) is -0.0939. The minimum absolute atomic E-state index is 0.0494. The van der Waals surface area contributed by atoms with E-state index in [0.717, 1.165) is 28.7 Å². The van der Waals surface area contributed by atoms with Gasteiger partial charge in [0.15, 0.2) is 6.10 Å². The fourth-order valence-corrected chi connectivity index (χ4v) is 4.44. The van der Waals surface area contributed by atoms with Gasteiger partial charge in [0.2, 0.25) is 5.91 Å². The Bertz CT molecular complexity index is 987. The lowest BCUT2D eigenvalue weighted by Gasteiger charge is -2.40. The van der Waals surface area contributed by atoms with Crippen LogP contribution in [0.25, 0.3) is 11.1 Å². The smallest absolute Gasteiger partial charge is 0.407 e. The second kappa shape index (κ2) is 9.00. The molecule has 0 radical (unpaired) electrons. The third kappa shape index (κ3) is 4.18. The Morgan fingerprint density at radius 2 is 1.59 bits per heavy atom. The number of hydrogen-bond donors (Lipinski definition) is 4. The predicted molar refractivity (Wildman–Crippen MR) is 116 cm³/mol. The third-order valence-electron chi connectivity index (χ3n) is 6.45. The Hall–Kier alpha value is -3.39. The number of nitrogens with one attached hydrogen (secondary N) is 2. The Balaban J connectivity index is 1.33. The molecule has 168 valence electrons. The fraction of sp³-hybridized carbons (Fsp3) is 0.375. The summed E-state index contributed by atoms with van der Waals surface area (Å²) < 4.78 is 5.51. The topological polar surface area (TPSA) is 125 Å². The molecule has 0 spiro atoms. The van der Waals surface area contributed by atoms with E-state index in [-0.39, 0.29) is 31.5 Å². The maximum absolute atomic E-state index is 12.5. The van der Waals surface area contributed by atoms with Crippen molar-refractivity contribution in [3.05, 3.63) is 59.7 Å². The zero-order valence-corrected chi connectivity index (χ0v) is 17.5. The van der Waals surface area contributed by atoms with Gasteiger partial charge in [-0.05, 0) is 35.1 Å². The number of hydrogen-bond acceptors (Lipinski definition) is 5. The Morgan fingerprint density at radius 3 is 2.12 bits per heavy atom. The van der Waals surface area contributed by atoms with E-state index in [4.69, 9.17) is 9.84 Å². The molecule has 8 heteroatoms. The van der Waals surface area contributed by atoms with Crippen molar-refractivity contribution < 1.29 is 29.3 Å². The molecule has 1 fully saturated rings. The van der Waals surface area contributed by atoms with Crippen LogP contribution in [0, 0.1) is 5.41 Å². The van der Waals surface area contributed by atoms with Crippen LogP contribution in [0.15, 0.2) is 48.5 Å². The van der Waals surface area contributed by atoms with E-state index in [2.05, 4.69) is 22.8 Å². The molecule has 0 aromatic heterocycles. The van der Waals surface area contributed by atoms with Crippen molar-refractivity contribution in [1.82, 2.24) is 10.6 Å². The molecular weight excluding hydrogens is 412 g/mol. The minimum Gasteiger partial charge on any atom is -0.479 e. The summed E-state index contributed by atoms with van der Waals surface area (Å²) in [5.41, 5.74) is 3.72. The first-order valence-electron chi connectivity index (χ1n) is 10.7. The average molecular weight is 438 g/mol. The van der Waals surface area contributed by atoms with E-state index in [1.165, 1.54) is 0 Å². The Morgan fingerprint density at radius 1 is 1.00 bits per heavy atom. The van der Waals surface area contributed by atoms with Gasteiger partial charge < -0.3 is 25.6 Å². The zero-order valence-electron chi connectivity index (χ0n) is 17.5. The molecule has 2 aromatic carbocycles. The first kappa shape index (κ1) is 21.8. The molecule has 2 aliphatic rings. The molecule has 0 bridgehead atoms. The van der Waals surface area contributed by atoms with Gasteiger partial charge in [-0.25, -0.2) is 9.59 Å². The highest BCUT2D eigenvalue weighted by Crippen LogP contribution is 2.44. The largest absolute Gasteiger partial charge is 0.479 e. The predicted octanol–water partition coefficient (Wildman–Crippen LogP) is 2.26. The maximum Gasteiger partial charge on any atom is 0.407 e. The van der Waals surface area contributed by atoms with Gasteiger partial charge in [-0.1, -0.05) is 55.0 Å². The fourth-order valence-electron chi connectivity index (χ4n) is 4.44. The van der Waals surface area contributed by atoms with Crippen molar-refractivity contribution in [2.75, 3.05) is 19.7 Å². The number of rotatable bonds is 8. The van der Waals surface area contributed by atoms with Crippen molar-refractivity contribution in [3.8, 4) is 11.1 Å². The lowest BCUT2D eigenvalue weighted by atomic mass is 9.68. The molecule has 2 aromatic rings. The summed E-state index contributed by atoms with van der Waals surface area (Å²) in [4.78, 5) is 35.6. The van der Waals surface area contributed by atoms with E-state index in [1.807, 2.05) is 36.4 Å². The van der Waals surface area contributed by atoms with Gasteiger partial charge in [0.05, 0.1) is 12.0 Å². The number of ether oxygens (including phenoxy) is 1. The first-order chi connectivity index (χ1) is 15.4. The number of carboxylic acids is 1. The zero-order chi connectivity index (χ0) is 22.7. The number of carbonyl (C=O) groups excluding carboxylic acids is 2. The van der Waals surface area contributed by atoms with Crippen LogP contribution in [0.4, 0.5) is 4.79 Å². The SMILES string of the molecule is O=C(NCC1(C(=O)NC[C@H](O)C(=O)O)CCC1)OCC1c2ccccc2-c2ccccc21. The van der Waals surface area contributed by atoms with Gasteiger partial charge in [-0.15, -0.1) is 0 Å². The Labute approximate surface area is 185 Å². The summed E-state index contributed by atoms with van der Waals surface area (Å²) in [5.74, 6) is -1.82. The molecule has 2 amide bonds. The summed E-state index contributed by atoms with van der Waals surface area (Å²) in [6, 6.07) is 16.1. The maximum atomic E-state index is 12.5. The molecule has 8 nitrogen and oxygen atoms in total. The highest BCUT2D eigenvalue weighted by atomic mass is 16.5. The Kier molecular flexibility index (Phi) is 6.14. The van der Waals surface area contributed by atoms with Crippen molar-refractivity contribution in [3.63, 3.8) is 0 Å². The molecule has 1 atom stereocenters. The van der Waals surface area contributed by atoms with Crippen LogP contribution in [0.2, 0.25) is 0 Å². The summed E-state index contributed by atoms with van der Waals surface area (Å²) in [5, 5.41) is 23.3. The van der Waals surface area contributed by atoms with Gasteiger partial charge in [0.1, 0.15) is 6.61 Å². The molecule has 1 saturated carbocycles. The standard InChI is InChI=1S/C24H26N2O6/c27-20(21(28)29)12-25-22(30)24(10-5-11-24)14-26-23(31)32-13-19-17-8-3-1-6-15(17)16-7-2-4-9-18(16)19/h1-4,6-9,19-20,27H,5,10-14H2,(H,25,30)(H,26,31)(H,28,29)/t20-/m0/s1. The van der Waals surface area contributed by atoms with E-state index in [0.29, 0.717) is 12.8 Å². The molecular formula is C24H26N2O6. The number of carbonyl (C=O) groups is 3. The van der Waals surface area contributed by atoms with Crippen molar-refractivity contribution in [1.29, 1.82) is 0 Å². The number of aliphatic carboxylic acids is 1. The van der Waals surface area contributed by atoms with Crippen molar-refractivity contribution in [2.45, 2.75) is 31.3 Å². The van der Waals surface area contributed by atoms with Crippen molar-refractivity contribution in [2.24, 2.45) is 5.41 Å². The van der Waals surface area contributed by atoms with Gasteiger partial charge >= 0.3 is 12.1 Å². The van der Waals surface area contributed by atoms with E-state index in [1.54, 1.807) is 0 Å². The van der Waals surface area contributed by atoms with Crippen LogP contribution in [0.1, 0.15) is 36.3 Å². The number of amides is 2. The van der Waals surface area contributed by atoms with Gasteiger partial charge in [-0.2, -0.15) is 0 Å². The molecule has 0 unspecified atom stereocenters. The number of aliphatic hydroxyl groups excluding tert-OH is 1. The van der Waals surface area contributed by atoms with Gasteiger partial charge in [0, 0.05) is 12.5 Å². The minimum atomic E-state index is -1.66. The second-order valence-corrected chi connectivity index (χ2v) is 8.38. The molecule has 0 aliphatic heterocycles. The first-order valence-corrected chi connectivity index (χ1v) is 10.7. The summed E-state index contributed by atoms with van der Waals surface area (Å²) >= 11 is 0. The quantitative estimate of drug-likeness (QED) is 0.501. The molecule has 0 heterocycles. The van der Waals surface area contributed by atoms with Crippen LogP contribution < -0.4 is 10.6 Å². The normalized spacial score (nSPS) is 16.8.